The lowest BCUT2D eigenvalue weighted by molar-refractivity contribution is 0.174. The van der Waals surface area contributed by atoms with E-state index in [1.165, 1.54) is 11.8 Å². The van der Waals surface area contributed by atoms with Crippen LogP contribution in [0.25, 0.3) is 0 Å². The van der Waals surface area contributed by atoms with Crippen molar-refractivity contribution in [2.75, 3.05) is 12.8 Å². The summed E-state index contributed by atoms with van der Waals surface area (Å²) in [5, 5.41) is 3.26. The van der Waals surface area contributed by atoms with E-state index in [2.05, 4.69) is 5.32 Å². The van der Waals surface area contributed by atoms with Gasteiger partial charge in [-0.25, -0.2) is 8.42 Å². The molecule has 1 aliphatic carbocycles. The fourth-order valence-corrected chi connectivity index (χ4v) is 4.03. The minimum absolute atomic E-state index is 0.131. The molecule has 0 aromatic carbocycles. The molecule has 88 valence electrons. The van der Waals surface area contributed by atoms with E-state index < -0.39 is 9.84 Å². The first-order chi connectivity index (χ1) is 7.51. The van der Waals surface area contributed by atoms with E-state index in [0.29, 0.717) is 12.8 Å². The number of rotatable bonds is 1. The van der Waals surface area contributed by atoms with Gasteiger partial charge in [-0.1, -0.05) is 0 Å². The van der Waals surface area contributed by atoms with Crippen LogP contribution in [0.1, 0.15) is 24.2 Å². The van der Waals surface area contributed by atoms with Crippen LogP contribution in [0.15, 0.2) is 16.7 Å². The molecule has 1 spiro atoms. The Morgan fingerprint density at radius 2 is 2.25 bits per heavy atom. The van der Waals surface area contributed by atoms with Crippen molar-refractivity contribution in [2.45, 2.75) is 30.1 Å². The van der Waals surface area contributed by atoms with Gasteiger partial charge in [-0.15, -0.1) is 0 Å². The third kappa shape index (κ3) is 1.34. The average molecular weight is 241 g/mol. The monoisotopic (exact) mass is 241 g/mol. The summed E-state index contributed by atoms with van der Waals surface area (Å²) in [5.41, 5.74) is 1.03. The first kappa shape index (κ1) is 10.4. The summed E-state index contributed by atoms with van der Waals surface area (Å²) in [4.78, 5) is 0. The van der Waals surface area contributed by atoms with Crippen LogP contribution in [0.5, 0.6) is 0 Å². The summed E-state index contributed by atoms with van der Waals surface area (Å²) in [7, 11) is -2.90. The molecule has 0 radical (unpaired) electrons. The first-order valence-electron chi connectivity index (χ1n) is 5.52. The second-order valence-electron chi connectivity index (χ2n) is 4.88. The lowest BCUT2D eigenvalue weighted by Crippen LogP contribution is -2.59. The molecule has 1 aliphatic heterocycles. The van der Waals surface area contributed by atoms with Gasteiger partial charge >= 0.3 is 0 Å². The van der Waals surface area contributed by atoms with E-state index in [1.807, 2.05) is 6.07 Å². The van der Waals surface area contributed by atoms with E-state index in [-0.39, 0.29) is 10.8 Å². The smallest absolute Gasteiger partial charge is 0.150 e. The molecule has 0 unspecified atom stereocenters. The van der Waals surface area contributed by atoms with Gasteiger partial charge in [0.1, 0.15) is 15.6 Å². The summed E-state index contributed by atoms with van der Waals surface area (Å²) < 4.78 is 28.3. The first-order valence-corrected chi connectivity index (χ1v) is 7.47. The van der Waals surface area contributed by atoms with Crippen molar-refractivity contribution < 1.29 is 12.8 Å². The van der Waals surface area contributed by atoms with Gasteiger partial charge in [0.05, 0.1) is 11.5 Å². The third-order valence-electron chi connectivity index (χ3n) is 3.83. The van der Waals surface area contributed by atoms with Gasteiger partial charge in [0.25, 0.3) is 0 Å². The molecule has 1 aromatic rings. The zero-order valence-electron chi connectivity index (χ0n) is 9.19. The third-order valence-corrected chi connectivity index (χ3v) is 5.38. The van der Waals surface area contributed by atoms with Gasteiger partial charge in [0.2, 0.25) is 0 Å². The Hall–Kier alpha value is -0.810. The van der Waals surface area contributed by atoms with Gasteiger partial charge in [0.15, 0.2) is 0 Å². The predicted molar refractivity (Wildman–Crippen MR) is 60.0 cm³/mol. The van der Waals surface area contributed by atoms with Crippen molar-refractivity contribution in [3.05, 3.63) is 23.7 Å². The Labute approximate surface area is 94.9 Å². The number of sulfone groups is 1. The van der Waals surface area contributed by atoms with Gasteiger partial charge in [0, 0.05) is 30.3 Å². The van der Waals surface area contributed by atoms with Crippen molar-refractivity contribution >= 4 is 9.84 Å². The minimum atomic E-state index is -2.90. The van der Waals surface area contributed by atoms with Crippen molar-refractivity contribution in [1.82, 2.24) is 5.32 Å². The van der Waals surface area contributed by atoms with Gasteiger partial charge < -0.3 is 9.73 Å². The molecule has 0 amide bonds. The number of fused-ring (bicyclic) bond motifs is 2. The summed E-state index contributed by atoms with van der Waals surface area (Å²) >= 11 is 0. The summed E-state index contributed by atoms with van der Waals surface area (Å²) in [6, 6.07) is 1.97. The van der Waals surface area contributed by atoms with Crippen molar-refractivity contribution in [3.8, 4) is 0 Å². The topological polar surface area (TPSA) is 59.3 Å². The fourth-order valence-electron chi connectivity index (χ4n) is 2.86. The highest BCUT2D eigenvalue weighted by Crippen LogP contribution is 2.47. The Morgan fingerprint density at radius 1 is 1.50 bits per heavy atom. The zero-order valence-corrected chi connectivity index (χ0v) is 10.0. The number of nitrogens with one attached hydrogen (secondary N) is 1. The van der Waals surface area contributed by atoms with Crippen LogP contribution < -0.4 is 5.32 Å². The standard InChI is InChI=1S/C11H15NO3S/c1-16(13,14)8-6-11(7-8)9-3-5-15-10(9)2-4-12-11/h3,5,8,12H,2,4,6-7H2,1H3. The highest BCUT2D eigenvalue weighted by molar-refractivity contribution is 7.91. The molecule has 1 fully saturated rings. The van der Waals surface area contributed by atoms with Gasteiger partial charge in [-0.2, -0.15) is 0 Å². The van der Waals surface area contributed by atoms with Crippen LogP contribution >= 0.6 is 0 Å². The van der Waals surface area contributed by atoms with E-state index >= 15 is 0 Å². The van der Waals surface area contributed by atoms with E-state index in [1.54, 1.807) is 6.26 Å². The molecule has 1 aromatic heterocycles. The maximum atomic E-state index is 11.4. The van der Waals surface area contributed by atoms with Gasteiger partial charge in [-0.3, -0.25) is 0 Å². The largest absolute Gasteiger partial charge is 0.469 e. The molecular weight excluding hydrogens is 226 g/mol. The van der Waals surface area contributed by atoms with Crippen LogP contribution in [-0.2, 0) is 21.8 Å². The van der Waals surface area contributed by atoms with Crippen LogP contribution in [-0.4, -0.2) is 26.5 Å². The van der Waals surface area contributed by atoms with Gasteiger partial charge in [-0.05, 0) is 18.9 Å². The molecule has 1 N–H and O–H groups in total. The molecule has 0 atom stereocenters. The van der Waals surface area contributed by atoms with E-state index in [9.17, 15) is 8.42 Å². The molecule has 16 heavy (non-hydrogen) atoms. The molecule has 1 saturated carbocycles. The Kier molecular flexibility index (Phi) is 2.01. The van der Waals surface area contributed by atoms with Crippen molar-refractivity contribution in [2.24, 2.45) is 0 Å². The number of hydrogen-bond acceptors (Lipinski definition) is 4. The number of hydrogen-bond donors (Lipinski definition) is 1. The molecule has 2 heterocycles. The quantitative estimate of drug-likeness (QED) is 0.791. The highest BCUT2D eigenvalue weighted by Gasteiger charge is 2.52. The predicted octanol–water partition coefficient (Wildman–Crippen LogP) is 0.828. The molecule has 5 heteroatoms. The molecule has 2 aliphatic rings. The molecule has 0 saturated heterocycles. The van der Waals surface area contributed by atoms with Crippen LogP contribution in [0.2, 0.25) is 0 Å². The molecule has 4 nitrogen and oxygen atoms in total. The second kappa shape index (κ2) is 3.11. The molecule has 3 rings (SSSR count). The SMILES string of the molecule is CS(=O)(=O)C1CC2(C1)NCCc1occc12. The normalized spacial score (nSPS) is 33.4. The number of furan rings is 1. The average Bonchev–Trinajstić information content (AvgIpc) is 2.59. The Balaban J connectivity index is 1.90. The molecule has 0 bridgehead atoms. The van der Waals surface area contributed by atoms with Crippen molar-refractivity contribution in [3.63, 3.8) is 0 Å². The van der Waals surface area contributed by atoms with Crippen molar-refractivity contribution in [1.29, 1.82) is 0 Å². The minimum Gasteiger partial charge on any atom is -0.469 e. The Morgan fingerprint density at radius 3 is 2.94 bits per heavy atom. The highest BCUT2D eigenvalue weighted by atomic mass is 32.2. The lowest BCUT2D eigenvalue weighted by atomic mass is 9.69. The van der Waals surface area contributed by atoms with Crippen LogP contribution in [0.4, 0.5) is 0 Å². The molecular formula is C11H15NO3S. The fraction of sp³-hybridized carbons (Fsp3) is 0.636. The summed E-state index contributed by atoms with van der Waals surface area (Å²) in [6.45, 7) is 0.872. The Bertz CT molecular complexity index is 511. The maximum Gasteiger partial charge on any atom is 0.150 e. The van der Waals surface area contributed by atoms with E-state index in [4.69, 9.17) is 4.42 Å². The summed E-state index contributed by atoms with van der Waals surface area (Å²) in [6.07, 6.45) is 5.28. The van der Waals surface area contributed by atoms with E-state index in [0.717, 1.165) is 18.7 Å². The zero-order chi connectivity index (χ0) is 11.4. The summed E-state index contributed by atoms with van der Waals surface area (Å²) in [5.74, 6) is 1.02. The lowest BCUT2D eigenvalue weighted by Gasteiger charge is -2.49. The van der Waals surface area contributed by atoms with Crippen LogP contribution in [0, 0.1) is 0 Å². The second-order valence-corrected chi connectivity index (χ2v) is 7.20. The van der Waals surface area contributed by atoms with Crippen LogP contribution in [0.3, 0.4) is 0 Å². The maximum absolute atomic E-state index is 11.4.